The smallest absolute Gasteiger partial charge is 0.274 e. The minimum atomic E-state index is -0.0382. The van der Waals surface area contributed by atoms with Crippen molar-refractivity contribution in [3.05, 3.63) is 71.4 Å². The molecule has 146 valence electrons. The van der Waals surface area contributed by atoms with Crippen LogP contribution in [0.15, 0.2) is 54.6 Å². The molecule has 5 heteroatoms. The summed E-state index contributed by atoms with van der Waals surface area (Å²) in [5.41, 5.74) is 4.78. The van der Waals surface area contributed by atoms with E-state index in [1.165, 1.54) is 16.3 Å². The fraction of sp³-hybridized carbons (Fsp3) is 0.208. The maximum Gasteiger partial charge on any atom is 0.274 e. The van der Waals surface area contributed by atoms with Gasteiger partial charge in [-0.2, -0.15) is 0 Å². The first-order valence-corrected chi connectivity index (χ1v) is 10.2. The zero-order chi connectivity index (χ0) is 20.1. The van der Waals surface area contributed by atoms with Crippen molar-refractivity contribution in [1.29, 1.82) is 0 Å². The minimum Gasteiger partial charge on any atom is -0.497 e. The number of amides is 1. The molecule has 0 spiro atoms. The number of hydrogen-bond acceptors (Lipinski definition) is 2. The number of anilines is 1. The van der Waals surface area contributed by atoms with E-state index >= 15 is 0 Å². The largest absolute Gasteiger partial charge is 0.497 e. The van der Waals surface area contributed by atoms with Crippen LogP contribution in [-0.4, -0.2) is 30.4 Å². The highest BCUT2D eigenvalue weighted by Crippen LogP contribution is 2.43. The summed E-state index contributed by atoms with van der Waals surface area (Å²) in [6, 6.07) is 18.1. The zero-order valence-corrected chi connectivity index (χ0v) is 17.1. The minimum absolute atomic E-state index is 0.0382. The van der Waals surface area contributed by atoms with Gasteiger partial charge in [0.25, 0.3) is 5.91 Å². The molecule has 4 nitrogen and oxygen atoms in total. The number of nitrogens with one attached hydrogen (secondary N) is 1. The van der Waals surface area contributed by atoms with Crippen LogP contribution in [0.3, 0.4) is 0 Å². The highest BCUT2D eigenvalue weighted by atomic mass is 35.5. The number of carbonyl (C=O) groups is 1. The number of carbonyl (C=O) groups excluding carboxylic acids is 1. The monoisotopic (exact) mass is 404 g/mol. The number of rotatable bonds is 3. The van der Waals surface area contributed by atoms with E-state index in [4.69, 9.17) is 16.3 Å². The van der Waals surface area contributed by atoms with Crippen LogP contribution in [0.1, 0.15) is 27.5 Å². The molecule has 0 radical (unpaired) electrons. The lowest BCUT2D eigenvalue weighted by molar-refractivity contribution is 0.0984. The van der Waals surface area contributed by atoms with Crippen molar-refractivity contribution in [3.8, 4) is 5.75 Å². The molecule has 1 N–H and O–H groups in total. The fourth-order valence-corrected chi connectivity index (χ4v) is 4.69. The number of ether oxygens (including phenoxy) is 1. The molecule has 4 aromatic rings. The first-order valence-electron chi connectivity index (χ1n) is 9.67. The molecule has 3 aromatic carbocycles. The molecule has 1 unspecified atom stereocenters. The van der Waals surface area contributed by atoms with Crippen LogP contribution >= 0.6 is 11.6 Å². The van der Waals surface area contributed by atoms with Gasteiger partial charge in [0.1, 0.15) is 11.4 Å². The van der Waals surface area contributed by atoms with E-state index in [1.54, 1.807) is 7.11 Å². The van der Waals surface area contributed by atoms with E-state index in [1.807, 2.05) is 41.3 Å². The van der Waals surface area contributed by atoms with Gasteiger partial charge in [-0.3, -0.25) is 4.79 Å². The van der Waals surface area contributed by atoms with Gasteiger partial charge in [-0.15, -0.1) is 11.6 Å². The second-order valence-corrected chi connectivity index (χ2v) is 7.88. The molecular weight excluding hydrogens is 384 g/mol. The lowest BCUT2D eigenvalue weighted by Crippen LogP contribution is -2.30. The van der Waals surface area contributed by atoms with Crippen LogP contribution in [0, 0.1) is 6.92 Å². The van der Waals surface area contributed by atoms with Crippen LogP contribution in [-0.2, 0) is 0 Å². The number of nitrogens with zero attached hydrogens (tertiary/aromatic N) is 1. The molecule has 1 aromatic heterocycles. The Kier molecular flexibility index (Phi) is 4.25. The highest BCUT2D eigenvalue weighted by molar-refractivity contribution is 6.19. The number of methoxy groups -OCH3 is 1. The first kappa shape index (κ1) is 18.1. The summed E-state index contributed by atoms with van der Waals surface area (Å²) >= 11 is 6.33. The van der Waals surface area contributed by atoms with Crippen molar-refractivity contribution in [2.75, 3.05) is 24.4 Å². The van der Waals surface area contributed by atoms with Gasteiger partial charge in [0.15, 0.2) is 0 Å². The molecular formula is C24H21ClN2O2. The molecule has 0 fully saturated rings. The Morgan fingerprint density at radius 3 is 2.72 bits per heavy atom. The summed E-state index contributed by atoms with van der Waals surface area (Å²) in [5, 5.41) is 3.36. The first-order chi connectivity index (χ1) is 14.1. The van der Waals surface area contributed by atoms with Gasteiger partial charge in [0.2, 0.25) is 0 Å². The van der Waals surface area contributed by atoms with Gasteiger partial charge >= 0.3 is 0 Å². The van der Waals surface area contributed by atoms with Crippen LogP contribution in [0.2, 0.25) is 0 Å². The summed E-state index contributed by atoms with van der Waals surface area (Å²) in [4.78, 5) is 18.6. The number of halogens is 1. The molecule has 1 atom stereocenters. The Morgan fingerprint density at radius 1 is 1.17 bits per heavy atom. The summed E-state index contributed by atoms with van der Waals surface area (Å²) in [6.07, 6.45) is 0. The highest BCUT2D eigenvalue weighted by Gasteiger charge is 2.34. The molecule has 0 saturated heterocycles. The second kappa shape index (κ2) is 6.82. The average molecular weight is 405 g/mol. The zero-order valence-electron chi connectivity index (χ0n) is 16.3. The predicted molar refractivity (Wildman–Crippen MR) is 119 cm³/mol. The van der Waals surface area contributed by atoms with Crippen molar-refractivity contribution < 1.29 is 9.53 Å². The molecule has 5 rings (SSSR count). The van der Waals surface area contributed by atoms with Gasteiger partial charge in [-0.05, 0) is 59.2 Å². The van der Waals surface area contributed by atoms with Crippen molar-refractivity contribution in [3.63, 3.8) is 0 Å². The molecule has 29 heavy (non-hydrogen) atoms. The normalized spacial score (nSPS) is 15.8. The summed E-state index contributed by atoms with van der Waals surface area (Å²) in [6.45, 7) is 2.68. The average Bonchev–Trinajstić information content (AvgIpc) is 3.34. The van der Waals surface area contributed by atoms with E-state index in [9.17, 15) is 4.79 Å². The second-order valence-electron chi connectivity index (χ2n) is 7.58. The third-order valence-electron chi connectivity index (χ3n) is 5.86. The molecule has 1 amide bonds. The SMILES string of the molecule is COc1ccc2[nH]c(C(=O)N3CC(CCl)c4c3cc(C)c3ccccc43)cc2c1. The van der Waals surface area contributed by atoms with Crippen LogP contribution in [0.5, 0.6) is 5.75 Å². The molecule has 2 heterocycles. The van der Waals surface area contributed by atoms with Gasteiger partial charge in [0, 0.05) is 34.9 Å². The number of H-pyrrole nitrogens is 1. The van der Waals surface area contributed by atoms with Crippen molar-refractivity contribution in [2.24, 2.45) is 0 Å². The standard InChI is InChI=1S/C24H21ClN2O2/c1-14-9-22-23(19-6-4-3-5-18(14)19)16(12-25)13-27(22)24(28)21-11-15-10-17(29-2)7-8-20(15)26-21/h3-11,16,26H,12-13H2,1-2H3. The van der Waals surface area contributed by atoms with Crippen LogP contribution in [0.25, 0.3) is 21.7 Å². The summed E-state index contributed by atoms with van der Waals surface area (Å²) in [7, 11) is 1.64. The van der Waals surface area contributed by atoms with E-state index in [2.05, 4.69) is 30.1 Å². The third-order valence-corrected chi connectivity index (χ3v) is 6.24. The maximum atomic E-state index is 13.5. The number of aromatic nitrogens is 1. The van der Waals surface area contributed by atoms with Gasteiger partial charge in [-0.25, -0.2) is 0 Å². The van der Waals surface area contributed by atoms with Crippen LogP contribution < -0.4 is 9.64 Å². The quantitative estimate of drug-likeness (QED) is 0.450. The van der Waals surface area contributed by atoms with Crippen LogP contribution in [0.4, 0.5) is 5.69 Å². The van der Waals surface area contributed by atoms with E-state index in [0.29, 0.717) is 18.1 Å². The van der Waals surface area contributed by atoms with Gasteiger partial charge in [-0.1, -0.05) is 24.3 Å². The predicted octanol–water partition coefficient (Wildman–Crippen LogP) is 5.62. The van der Waals surface area contributed by atoms with Gasteiger partial charge < -0.3 is 14.6 Å². The molecule has 0 saturated carbocycles. The van der Waals surface area contributed by atoms with E-state index < -0.39 is 0 Å². The number of benzene rings is 3. The Bertz CT molecular complexity index is 1260. The lowest BCUT2D eigenvalue weighted by Gasteiger charge is -2.18. The number of hydrogen-bond donors (Lipinski definition) is 1. The van der Waals surface area contributed by atoms with Crippen molar-refractivity contribution >= 4 is 44.9 Å². The van der Waals surface area contributed by atoms with Crippen molar-refractivity contribution in [2.45, 2.75) is 12.8 Å². The summed E-state index contributed by atoms with van der Waals surface area (Å²) < 4.78 is 5.30. The Morgan fingerprint density at radius 2 is 1.97 bits per heavy atom. The fourth-order valence-electron chi connectivity index (χ4n) is 4.44. The van der Waals surface area contributed by atoms with E-state index in [0.717, 1.165) is 27.9 Å². The lowest BCUT2D eigenvalue weighted by atomic mass is 9.93. The Hall–Kier alpha value is -2.98. The topological polar surface area (TPSA) is 45.3 Å². The number of alkyl halides is 1. The molecule has 0 aliphatic carbocycles. The molecule has 0 bridgehead atoms. The van der Waals surface area contributed by atoms with Crippen molar-refractivity contribution in [1.82, 2.24) is 4.98 Å². The number of fused-ring (bicyclic) bond motifs is 4. The number of aromatic amines is 1. The molecule has 1 aliphatic rings. The Balaban J connectivity index is 1.62. The molecule has 1 aliphatic heterocycles. The van der Waals surface area contributed by atoms with E-state index in [-0.39, 0.29) is 11.8 Å². The maximum absolute atomic E-state index is 13.5. The van der Waals surface area contributed by atoms with Gasteiger partial charge in [0.05, 0.1) is 7.11 Å². The summed E-state index contributed by atoms with van der Waals surface area (Å²) in [5.74, 6) is 1.33. The number of aryl methyl sites for hydroxylation is 1. The Labute approximate surface area is 174 Å². The third kappa shape index (κ3) is 2.78.